The van der Waals surface area contributed by atoms with E-state index >= 15 is 0 Å². The predicted octanol–water partition coefficient (Wildman–Crippen LogP) is 2.36. The van der Waals surface area contributed by atoms with Gasteiger partial charge in [-0.15, -0.1) is 11.3 Å². The van der Waals surface area contributed by atoms with Gasteiger partial charge in [0.15, 0.2) is 0 Å². The van der Waals surface area contributed by atoms with Crippen molar-refractivity contribution in [3.05, 3.63) is 40.7 Å². The lowest BCUT2D eigenvalue weighted by Crippen LogP contribution is -2.01. The molecule has 0 spiro atoms. The molecule has 5 nitrogen and oxygen atoms in total. The largest absolute Gasteiger partial charge is 0.332 e. The summed E-state index contributed by atoms with van der Waals surface area (Å²) in [5.41, 5.74) is 7.14. The molecule has 1 aromatic carbocycles. The van der Waals surface area contributed by atoms with Gasteiger partial charge in [-0.1, -0.05) is 35.5 Å². The average Bonchev–Trinajstić information content (AvgIpc) is 3.08. The van der Waals surface area contributed by atoms with Crippen LogP contribution in [0.15, 0.2) is 40.2 Å². The maximum Gasteiger partial charge on any atom is 0.277 e. The number of benzene rings is 1. The minimum atomic E-state index is 0.443. The highest BCUT2D eigenvalue weighted by molar-refractivity contribution is 7.09. The van der Waals surface area contributed by atoms with Crippen molar-refractivity contribution in [1.82, 2.24) is 15.1 Å². The molecule has 0 aliphatic rings. The molecular formula is C13H12N4OS. The Kier molecular flexibility index (Phi) is 3.35. The van der Waals surface area contributed by atoms with Gasteiger partial charge in [-0.3, -0.25) is 0 Å². The summed E-state index contributed by atoms with van der Waals surface area (Å²) < 4.78 is 5.25. The summed E-state index contributed by atoms with van der Waals surface area (Å²) in [4.78, 5) is 8.78. The molecule has 19 heavy (non-hydrogen) atoms. The minimum Gasteiger partial charge on any atom is -0.332 e. The molecule has 3 rings (SSSR count). The summed E-state index contributed by atoms with van der Waals surface area (Å²) in [7, 11) is 0. The Bertz CT molecular complexity index is 662. The van der Waals surface area contributed by atoms with Crippen molar-refractivity contribution >= 4 is 11.3 Å². The van der Waals surface area contributed by atoms with Crippen LogP contribution < -0.4 is 5.73 Å². The Morgan fingerprint density at radius 1 is 1.16 bits per heavy atom. The predicted molar refractivity (Wildman–Crippen MR) is 73.6 cm³/mol. The monoisotopic (exact) mass is 272 g/mol. The molecule has 0 atom stereocenters. The van der Waals surface area contributed by atoms with Crippen LogP contribution in [0, 0.1) is 0 Å². The molecule has 96 valence electrons. The van der Waals surface area contributed by atoms with E-state index in [1.807, 2.05) is 35.7 Å². The van der Waals surface area contributed by atoms with E-state index in [0.29, 0.717) is 24.0 Å². The lowest BCUT2D eigenvalue weighted by Gasteiger charge is -1.90. The van der Waals surface area contributed by atoms with Crippen molar-refractivity contribution in [2.45, 2.75) is 6.42 Å². The fourth-order valence-electron chi connectivity index (χ4n) is 1.68. The summed E-state index contributed by atoms with van der Waals surface area (Å²) in [5.74, 6) is 1.02. The summed E-state index contributed by atoms with van der Waals surface area (Å²) in [6.45, 7) is 0.589. The van der Waals surface area contributed by atoms with Gasteiger partial charge in [-0.25, -0.2) is 4.98 Å². The highest BCUT2D eigenvalue weighted by atomic mass is 32.1. The normalized spacial score (nSPS) is 10.8. The van der Waals surface area contributed by atoms with Crippen LogP contribution in [0.1, 0.15) is 5.01 Å². The molecule has 0 unspecified atom stereocenters. The first-order valence-electron chi connectivity index (χ1n) is 5.91. The first-order valence-corrected chi connectivity index (χ1v) is 6.79. The van der Waals surface area contributed by atoms with Crippen molar-refractivity contribution in [3.63, 3.8) is 0 Å². The number of rotatable bonds is 4. The summed E-state index contributed by atoms with van der Waals surface area (Å²) in [6, 6.07) is 9.70. The smallest absolute Gasteiger partial charge is 0.277 e. The Balaban J connectivity index is 1.88. The van der Waals surface area contributed by atoms with Gasteiger partial charge in [-0.05, 0) is 6.54 Å². The van der Waals surface area contributed by atoms with Gasteiger partial charge in [0.1, 0.15) is 5.69 Å². The highest BCUT2D eigenvalue weighted by Crippen LogP contribution is 2.23. The SMILES string of the molecule is NCCc1nc(-c2nc(-c3ccccc3)no2)cs1. The first kappa shape index (κ1) is 12.0. The van der Waals surface area contributed by atoms with E-state index in [1.54, 1.807) is 11.3 Å². The van der Waals surface area contributed by atoms with E-state index in [1.165, 1.54) is 0 Å². The average molecular weight is 272 g/mol. The summed E-state index contributed by atoms with van der Waals surface area (Å²) >= 11 is 1.56. The van der Waals surface area contributed by atoms with Crippen LogP contribution in [0.2, 0.25) is 0 Å². The number of aromatic nitrogens is 3. The van der Waals surface area contributed by atoms with E-state index < -0.39 is 0 Å². The van der Waals surface area contributed by atoms with Gasteiger partial charge in [0.05, 0.1) is 5.01 Å². The van der Waals surface area contributed by atoms with Gasteiger partial charge >= 0.3 is 0 Å². The second kappa shape index (κ2) is 5.29. The number of nitrogens with two attached hydrogens (primary N) is 1. The summed E-state index contributed by atoms with van der Waals surface area (Å²) in [5, 5.41) is 6.87. The van der Waals surface area contributed by atoms with Crippen molar-refractivity contribution in [3.8, 4) is 23.0 Å². The standard InChI is InChI=1S/C13H12N4OS/c14-7-6-11-15-10(8-19-11)13-16-12(17-18-13)9-4-2-1-3-5-9/h1-5,8H,6-7,14H2. The van der Waals surface area contributed by atoms with Crippen LogP contribution >= 0.6 is 11.3 Å². The molecule has 2 aromatic heterocycles. The highest BCUT2D eigenvalue weighted by Gasteiger charge is 2.13. The third kappa shape index (κ3) is 2.54. The van der Waals surface area contributed by atoms with E-state index in [-0.39, 0.29) is 0 Å². The molecule has 0 aliphatic carbocycles. The molecule has 6 heteroatoms. The van der Waals surface area contributed by atoms with Crippen molar-refractivity contribution in [1.29, 1.82) is 0 Å². The maximum atomic E-state index is 5.50. The molecule has 0 fully saturated rings. The zero-order valence-electron chi connectivity index (χ0n) is 10.1. The molecule has 0 radical (unpaired) electrons. The van der Waals surface area contributed by atoms with E-state index in [9.17, 15) is 0 Å². The molecule has 0 amide bonds. The van der Waals surface area contributed by atoms with E-state index in [4.69, 9.17) is 10.3 Å². The molecule has 0 saturated carbocycles. The van der Waals surface area contributed by atoms with Crippen LogP contribution in [0.25, 0.3) is 23.0 Å². The third-order valence-electron chi connectivity index (χ3n) is 2.59. The van der Waals surface area contributed by atoms with Crippen LogP contribution in [0.4, 0.5) is 0 Å². The zero-order valence-corrected chi connectivity index (χ0v) is 10.9. The van der Waals surface area contributed by atoms with Gasteiger partial charge < -0.3 is 10.3 Å². The van der Waals surface area contributed by atoms with Gasteiger partial charge in [0.25, 0.3) is 5.89 Å². The minimum absolute atomic E-state index is 0.443. The van der Waals surface area contributed by atoms with Crippen LogP contribution in [0.3, 0.4) is 0 Å². The third-order valence-corrected chi connectivity index (χ3v) is 3.50. The van der Waals surface area contributed by atoms with Gasteiger partial charge in [0, 0.05) is 17.4 Å². The Labute approximate surface area is 114 Å². The fourth-order valence-corrected chi connectivity index (χ4v) is 2.47. The Hall–Kier alpha value is -2.05. The van der Waals surface area contributed by atoms with Crippen LogP contribution in [-0.4, -0.2) is 21.7 Å². The zero-order chi connectivity index (χ0) is 13.1. The Morgan fingerprint density at radius 3 is 2.79 bits per heavy atom. The molecule has 0 aliphatic heterocycles. The molecule has 0 bridgehead atoms. The van der Waals surface area contributed by atoms with Crippen molar-refractivity contribution < 1.29 is 4.52 Å². The lowest BCUT2D eigenvalue weighted by molar-refractivity contribution is 0.431. The summed E-state index contributed by atoms with van der Waals surface area (Å²) in [6.07, 6.45) is 0.768. The maximum absolute atomic E-state index is 5.50. The molecular weight excluding hydrogens is 260 g/mol. The topological polar surface area (TPSA) is 77.8 Å². The van der Waals surface area contributed by atoms with Crippen molar-refractivity contribution in [2.24, 2.45) is 5.73 Å². The van der Waals surface area contributed by atoms with Crippen LogP contribution in [-0.2, 0) is 6.42 Å². The first-order chi connectivity index (χ1) is 9.36. The van der Waals surface area contributed by atoms with Crippen molar-refractivity contribution in [2.75, 3.05) is 6.54 Å². The van der Waals surface area contributed by atoms with Crippen LogP contribution in [0.5, 0.6) is 0 Å². The second-order valence-electron chi connectivity index (χ2n) is 3.95. The molecule has 2 heterocycles. The quantitative estimate of drug-likeness (QED) is 0.788. The number of nitrogens with zero attached hydrogens (tertiary/aromatic N) is 3. The lowest BCUT2D eigenvalue weighted by atomic mass is 10.2. The molecule has 2 N–H and O–H groups in total. The van der Waals surface area contributed by atoms with E-state index in [2.05, 4.69) is 15.1 Å². The van der Waals surface area contributed by atoms with Gasteiger partial charge in [-0.2, -0.15) is 4.98 Å². The molecule has 3 aromatic rings. The number of hydrogen-bond acceptors (Lipinski definition) is 6. The Morgan fingerprint density at radius 2 is 2.00 bits per heavy atom. The fraction of sp³-hybridized carbons (Fsp3) is 0.154. The van der Waals surface area contributed by atoms with E-state index in [0.717, 1.165) is 17.0 Å². The number of thiazole rings is 1. The molecule has 0 saturated heterocycles. The second-order valence-corrected chi connectivity index (χ2v) is 4.90. The number of hydrogen-bond donors (Lipinski definition) is 1. The van der Waals surface area contributed by atoms with Gasteiger partial charge in [0.2, 0.25) is 5.82 Å².